The Hall–Kier alpha value is -2.56. The van der Waals surface area contributed by atoms with E-state index in [2.05, 4.69) is 16.9 Å². The molecule has 1 unspecified atom stereocenters. The summed E-state index contributed by atoms with van der Waals surface area (Å²) in [7, 11) is 1.51. The van der Waals surface area contributed by atoms with E-state index >= 15 is 0 Å². The van der Waals surface area contributed by atoms with Crippen molar-refractivity contribution in [1.82, 2.24) is 19.1 Å². The number of nitrogens with zero attached hydrogens (tertiary/aromatic N) is 3. The van der Waals surface area contributed by atoms with Crippen molar-refractivity contribution in [3.05, 3.63) is 50.7 Å². The highest BCUT2D eigenvalue weighted by atomic mass is 32.2. The monoisotopic (exact) mass is 420 g/mol. The number of aliphatic hydroxyl groups excluding tert-OH is 2. The molecule has 0 fully saturated rings. The Kier molecular flexibility index (Phi) is 6.78. The summed E-state index contributed by atoms with van der Waals surface area (Å²) in [5, 5.41) is 20.1. The van der Waals surface area contributed by atoms with Crippen LogP contribution in [0.1, 0.15) is 12.5 Å². The van der Waals surface area contributed by atoms with Gasteiger partial charge < -0.3 is 19.5 Å². The van der Waals surface area contributed by atoms with Crippen LogP contribution in [0.3, 0.4) is 0 Å². The van der Waals surface area contributed by atoms with Gasteiger partial charge in [0.25, 0.3) is 5.56 Å². The summed E-state index contributed by atoms with van der Waals surface area (Å²) in [6.07, 6.45) is 0.0189. The number of rotatable bonds is 9. The molecule has 9 nitrogen and oxygen atoms in total. The smallest absolute Gasteiger partial charge is 0.329 e. The number of aromatic nitrogens is 4. The largest absolute Gasteiger partial charge is 0.491 e. The second-order valence-electron chi connectivity index (χ2n) is 6.53. The molecule has 0 bridgehead atoms. The van der Waals surface area contributed by atoms with Gasteiger partial charge in [-0.1, -0.05) is 30.8 Å². The van der Waals surface area contributed by atoms with Gasteiger partial charge in [0, 0.05) is 12.8 Å². The van der Waals surface area contributed by atoms with Crippen molar-refractivity contribution in [3.63, 3.8) is 0 Å². The summed E-state index contributed by atoms with van der Waals surface area (Å²) >= 11 is 1.24. The summed E-state index contributed by atoms with van der Waals surface area (Å²) in [6.45, 7) is 2.08. The van der Waals surface area contributed by atoms with Gasteiger partial charge in [-0.05, 0) is 24.1 Å². The third kappa shape index (κ3) is 4.72. The average Bonchev–Trinajstić information content (AvgIpc) is 3.08. The van der Waals surface area contributed by atoms with Gasteiger partial charge in [-0.15, -0.1) is 0 Å². The zero-order valence-corrected chi connectivity index (χ0v) is 17.1. The molecule has 0 aliphatic carbocycles. The number of hydrogen-bond donors (Lipinski definition) is 3. The Morgan fingerprint density at radius 1 is 1.28 bits per heavy atom. The Morgan fingerprint density at radius 3 is 2.66 bits per heavy atom. The highest BCUT2D eigenvalue weighted by molar-refractivity contribution is 7.99. The van der Waals surface area contributed by atoms with Crippen molar-refractivity contribution in [2.45, 2.75) is 31.1 Å². The maximum atomic E-state index is 12.4. The molecule has 0 aliphatic rings. The first kappa shape index (κ1) is 21.2. The third-order valence-electron chi connectivity index (χ3n) is 4.46. The van der Waals surface area contributed by atoms with Gasteiger partial charge >= 0.3 is 5.69 Å². The first-order chi connectivity index (χ1) is 13.9. The number of thioether (sulfide) groups is 1. The summed E-state index contributed by atoms with van der Waals surface area (Å²) < 4.78 is 8.45. The minimum Gasteiger partial charge on any atom is -0.491 e. The molecule has 0 amide bonds. The van der Waals surface area contributed by atoms with E-state index in [-0.39, 0.29) is 30.9 Å². The number of aromatic amines is 1. The zero-order chi connectivity index (χ0) is 21.0. The van der Waals surface area contributed by atoms with Crippen molar-refractivity contribution in [1.29, 1.82) is 0 Å². The fourth-order valence-electron chi connectivity index (χ4n) is 2.91. The predicted molar refractivity (Wildman–Crippen MR) is 111 cm³/mol. The van der Waals surface area contributed by atoms with Crippen LogP contribution in [0.15, 0.2) is 39.0 Å². The van der Waals surface area contributed by atoms with Crippen LogP contribution >= 0.6 is 11.8 Å². The first-order valence-corrected chi connectivity index (χ1v) is 10.3. The molecule has 0 saturated heterocycles. The Labute approximate surface area is 171 Å². The number of ether oxygens (including phenoxy) is 1. The third-order valence-corrected chi connectivity index (χ3v) is 5.42. The second-order valence-corrected chi connectivity index (χ2v) is 7.59. The van der Waals surface area contributed by atoms with Crippen molar-refractivity contribution in [2.24, 2.45) is 7.05 Å². The fourth-order valence-corrected chi connectivity index (χ4v) is 3.65. The predicted octanol–water partition coefficient (Wildman–Crippen LogP) is 0.510. The Bertz CT molecular complexity index is 1090. The van der Waals surface area contributed by atoms with Crippen LogP contribution in [0, 0.1) is 0 Å². The highest BCUT2D eigenvalue weighted by Gasteiger charge is 2.20. The molecule has 3 aromatic rings. The topological polar surface area (TPSA) is 122 Å². The number of H-pyrrole nitrogens is 1. The van der Waals surface area contributed by atoms with E-state index in [1.165, 1.54) is 28.9 Å². The summed E-state index contributed by atoms with van der Waals surface area (Å²) in [6, 6.07) is 7.63. The Balaban J connectivity index is 1.84. The second kappa shape index (κ2) is 9.29. The lowest BCUT2D eigenvalue weighted by Gasteiger charge is -2.15. The molecule has 2 heterocycles. The van der Waals surface area contributed by atoms with Gasteiger partial charge in [0.05, 0.1) is 13.2 Å². The molecule has 29 heavy (non-hydrogen) atoms. The number of fused-ring (bicyclic) bond motifs is 1. The maximum absolute atomic E-state index is 12.4. The van der Waals surface area contributed by atoms with Gasteiger partial charge in [-0.2, -0.15) is 0 Å². The molecule has 156 valence electrons. The Morgan fingerprint density at radius 2 is 2.00 bits per heavy atom. The zero-order valence-electron chi connectivity index (χ0n) is 16.3. The van der Waals surface area contributed by atoms with Crippen LogP contribution < -0.4 is 16.0 Å². The number of benzene rings is 1. The van der Waals surface area contributed by atoms with E-state index in [9.17, 15) is 14.7 Å². The first-order valence-electron chi connectivity index (χ1n) is 9.27. The number of aryl methyl sites for hydroxylation is 2. The van der Waals surface area contributed by atoms with Crippen LogP contribution in [0.2, 0.25) is 0 Å². The maximum Gasteiger partial charge on any atom is 0.329 e. The normalized spacial score (nSPS) is 12.4. The quantitative estimate of drug-likeness (QED) is 0.431. The van der Waals surface area contributed by atoms with Gasteiger partial charge in [-0.25, -0.2) is 9.78 Å². The summed E-state index contributed by atoms with van der Waals surface area (Å²) in [5.74, 6) is 1.01. The minimum absolute atomic E-state index is 0.0267. The lowest BCUT2D eigenvalue weighted by Crippen LogP contribution is -2.30. The molecule has 1 atom stereocenters. The summed E-state index contributed by atoms with van der Waals surface area (Å²) in [5.41, 5.74) is 0.472. The molecule has 1 aromatic carbocycles. The van der Waals surface area contributed by atoms with E-state index in [0.29, 0.717) is 16.7 Å². The molecule has 2 aromatic heterocycles. The molecule has 0 spiro atoms. The van der Waals surface area contributed by atoms with Crippen LogP contribution in [0.5, 0.6) is 5.75 Å². The average molecular weight is 420 g/mol. The van der Waals surface area contributed by atoms with Crippen LogP contribution in [-0.4, -0.2) is 54.4 Å². The molecule has 10 heteroatoms. The summed E-state index contributed by atoms with van der Waals surface area (Å²) in [4.78, 5) is 30.9. The van der Waals surface area contributed by atoms with E-state index in [1.807, 2.05) is 24.3 Å². The molecule has 3 rings (SSSR count). The lowest BCUT2D eigenvalue weighted by molar-refractivity contribution is 0.0913. The number of nitrogens with one attached hydrogen (secondary N) is 1. The van der Waals surface area contributed by atoms with E-state index in [4.69, 9.17) is 9.84 Å². The fraction of sp³-hybridized carbons (Fsp3) is 0.421. The molecular formula is C19H24N4O5S. The van der Waals surface area contributed by atoms with E-state index < -0.39 is 17.4 Å². The highest BCUT2D eigenvalue weighted by Crippen LogP contribution is 2.22. The van der Waals surface area contributed by atoms with Crippen LogP contribution in [0.4, 0.5) is 0 Å². The molecule has 0 aliphatic heterocycles. The van der Waals surface area contributed by atoms with Crippen molar-refractivity contribution >= 4 is 22.9 Å². The van der Waals surface area contributed by atoms with Gasteiger partial charge in [0.2, 0.25) is 0 Å². The molecule has 0 saturated carbocycles. The van der Waals surface area contributed by atoms with Gasteiger partial charge in [0.1, 0.15) is 18.5 Å². The lowest BCUT2D eigenvalue weighted by atomic mass is 10.2. The van der Waals surface area contributed by atoms with Gasteiger partial charge in [-0.3, -0.25) is 14.3 Å². The minimum atomic E-state index is -0.914. The van der Waals surface area contributed by atoms with E-state index in [0.717, 1.165) is 6.42 Å². The number of aliphatic hydroxyl groups is 2. The van der Waals surface area contributed by atoms with Crippen molar-refractivity contribution in [2.75, 3.05) is 19.0 Å². The number of hydrogen-bond acceptors (Lipinski definition) is 7. The van der Waals surface area contributed by atoms with Crippen LogP contribution in [-0.2, 0) is 20.0 Å². The van der Waals surface area contributed by atoms with Crippen molar-refractivity contribution in [3.8, 4) is 5.75 Å². The number of imidazole rings is 1. The van der Waals surface area contributed by atoms with E-state index in [1.54, 1.807) is 4.57 Å². The molecule has 3 N–H and O–H groups in total. The SMILES string of the molecule is CCc1ccc(OCC(O)Cn2c(SCCO)nc3c2c(=O)[nH]c(=O)n3C)cc1. The standard InChI is InChI=1S/C19H24N4O5S/c1-3-12-4-6-14(7-5-12)28-11-13(25)10-23-15-16(20-19(23)29-9-8-24)22(2)18(27)21-17(15)26/h4-7,13,24-25H,3,8-11H2,1-2H3,(H,21,26,27). The molecular weight excluding hydrogens is 396 g/mol. The van der Waals surface area contributed by atoms with Gasteiger partial charge in [0.15, 0.2) is 16.3 Å². The van der Waals surface area contributed by atoms with Crippen molar-refractivity contribution < 1.29 is 14.9 Å². The molecule has 0 radical (unpaired) electrons. The van der Waals surface area contributed by atoms with Crippen LogP contribution in [0.25, 0.3) is 11.2 Å².